The van der Waals surface area contributed by atoms with Crippen molar-refractivity contribution in [3.63, 3.8) is 0 Å². The molecule has 2 heterocycles. The maximum absolute atomic E-state index is 12.5. The van der Waals surface area contributed by atoms with Gasteiger partial charge in [-0.25, -0.2) is 4.79 Å². The van der Waals surface area contributed by atoms with Crippen molar-refractivity contribution in [3.05, 3.63) is 35.5 Å². The number of hydrogen-bond donors (Lipinski definition) is 2. The summed E-state index contributed by atoms with van der Waals surface area (Å²) in [6, 6.07) is 7.07. The first-order valence-corrected chi connectivity index (χ1v) is 7.18. The number of nitrogens with one attached hydrogen (secondary N) is 1. The second-order valence-corrected chi connectivity index (χ2v) is 5.42. The van der Waals surface area contributed by atoms with Crippen LogP contribution >= 0.6 is 0 Å². The van der Waals surface area contributed by atoms with Gasteiger partial charge in [0, 0.05) is 17.4 Å². The summed E-state index contributed by atoms with van der Waals surface area (Å²) in [5.74, 6) is -2.94. The van der Waals surface area contributed by atoms with Crippen LogP contribution in [-0.4, -0.2) is 29.2 Å². The van der Waals surface area contributed by atoms with Crippen molar-refractivity contribution in [3.8, 4) is 0 Å². The zero-order chi connectivity index (χ0) is 17.5. The number of carbonyl (C=O) groups is 2. The van der Waals surface area contributed by atoms with Crippen molar-refractivity contribution < 1.29 is 27.5 Å². The molecule has 1 amide bonds. The normalized spacial score (nSPS) is 17.5. The number of halogens is 3. The van der Waals surface area contributed by atoms with Gasteiger partial charge in [-0.3, -0.25) is 10.1 Å². The molecular weight excluding hydrogens is 327 g/mol. The van der Waals surface area contributed by atoms with Gasteiger partial charge in [-0.1, -0.05) is 18.2 Å². The number of nitrogens with zero attached hydrogens (tertiary/aromatic N) is 1. The van der Waals surface area contributed by atoms with E-state index in [0.717, 1.165) is 10.9 Å². The highest BCUT2D eigenvalue weighted by Crippen LogP contribution is 2.34. The minimum Gasteiger partial charge on any atom is -0.434 e. The van der Waals surface area contributed by atoms with E-state index in [1.165, 1.54) is 4.57 Å². The zero-order valence-electron chi connectivity index (χ0n) is 12.4. The van der Waals surface area contributed by atoms with E-state index in [2.05, 4.69) is 10.1 Å². The van der Waals surface area contributed by atoms with Crippen LogP contribution in [0.15, 0.2) is 24.3 Å². The summed E-state index contributed by atoms with van der Waals surface area (Å²) in [4.78, 5) is 22.6. The van der Waals surface area contributed by atoms with Gasteiger partial charge in [-0.15, -0.1) is 0 Å². The molecule has 0 radical (unpaired) electrons. The molecule has 0 fully saturated rings. The molecule has 1 unspecified atom stereocenters. The van der Waals surface area contributed by atoms with E-state index in [1.54, 1.807) is 24.3 Å². The van der Waals surface area contributed by atoms with Crippen LogP contribution in [0.2, 0.25) is 0 Å². The fraction of sp³-hybridized carbons (Fsp3) is 0.333. The number of aromatic nitrogens is 1. The summed E-state index contributed by atoms with van der Waals surface area (Å²) in [7, 11) is 0. The number of hydrogen-bond acceptors (Lipinski definition) is 4. The SMILES string of the molecule is NC(=O)Cn1c2c(c3ccccc31)CCNC2OC(=O)C(F)(F)F. The zero-order valence-corrected chi connectivity index (χ0v) is 12.4. The first-order valence-electron chi connectivity index (χ1n) is 7.18. The lowest BCUT2D eigenvalue weighted by Crippen LogP contribution is -2.38. The number of amides is 1. The highest BCUT2D eigenvalue weighted by molar-refractivity contribution is 5.88. The lowest BCUT2D eigenvalue weighted by Gasteiger charge is -2.26. The van der Waals surface area contributed by atoms with Gasteiger partial charge in [0.25, 0.3) is 0 Å². The number of primary amides is 1. The number of esters is 1. The van der Waals surface area contributed by atoms with Gasteiger partial charge < -0.3 is 15.0 Å². The van der Waals surface area contributed by atoms with Crippen LogP contribution in [0.4, 0.5) is 13.2 Å². The Balaban J connectivity index is 2.11. The van der Waals surface area contributed by atoms with Crippen LogP contribution in [0.5, 0.6) is 0 Å². The minimum absolute atomic E-state index is 0.225. The lowest BCUT2D eigenvalue weighted by atomic mass is 10.0. The van der Waals surface area contributed by atoms with Crippen molar-refractivity contribution in [2.75, 3.05) is 6.54 Å². The molecule has 1 atom stereocenters. The summed E-state index contributed by atoms with van der Waals surface area (Å²) < 4.78 is 43.6. The third-order valence-electron chi connectivity index (χ3n) is 3.84. The molecule has 24 heavy (non-hydrogen) atoms. The maximum atomic E-state index is 12.5. The number of carbonyl (C=O) groups excluding carboxylic acids is 2. The molecule has 6 nitrogen and oxygen atoms in total. The van der Waals surface area contributed by atoms with Crippen molar-refractivity contribution >= 4 is 22.8 Å². The summed E-state index contributed by atoms with van der Waals surface area (Å²) in [6.07, 6.45) is -5.86. The Bertz CT molecular complexity index is 813. The molecule has 1 aliphatic rings. The minimum atomic E-state index is -5.10. The van der Waals surface area contributed by atoms with Gasteiger partial charge in [0.2, 0.25) is 5.91 Å². The fourth-order valence-corrected chi connectivity index (χ4v) is 2.98. The molecule has 0 spiro atoms. The number of fused-ring (bicyclic) bond motifs is 3. The van der Waals surface area contributed by atoms with Crippen LogP contribution in [0.3, 0.4) is 0 Å². The Hall–Kier alpha value is -2.55. The number of para-hydroxylation sites is 1. The van der Waals surface area contributed by atoms with Crippen LogP contribution in [-0.2, 0) is 27.3 Å². The molecule has 9 heteroatoms. The molecule has 2 aromatic rings. The number of ether oxygens (including phenoxy) is 1. The highest BCUT2D eigenvalue weighted by Gasteiger charge is 2.43. The molecule has 128 valence electrons. The van der Waals surface area contributed by atoms with Crippen LogP contribution in [0.1, 0.15) is 17.5 Å². The summed E-state index contributed by atoms with van der Waals surface area (Å²) in [5, 5.41) is 3.53. The predicted molar refractivity (Wildman–Crippen MR) is 77.7 cm³/mol. The fourth-order valence-electron chi connectivity index (χ4n) is 2.98. The first kappa shape index (κ1) is 16.3. The summed E-state index contributed by atoms with van der Waals surface area (Å²) >= 11 is 0. The number of rotatable bonds is 3. The third kappa shape index (κ3) is 2.82. The van der Waals surface area contributed by atoms with Gasteiger partial charge in [-0.05, 0) is 18.1 Å². The van der Waals surface area contributed by atoms with E-state index in [4.69, 9.17) is 5.73 Å². The Morgan fingerprint density at radius 3 is 2.71 bits per heavy atom. The van der Waals surface area contributed by atoms with Gasteiger partial charge in [0.15, 0.2) is 6.23 Å². The molecule has 3 N–H and O–H groups in total. The van der Waals surface area contributed by atoms with Gasteiger partial charge in [-0.2, -0.15) is 13.2 Å². The highest BCUT2D eigenvalue weighted by atomic mass is 19.4. The molecule has 0 saturated carbocycles. The number of alkyl halides is 3. The standard InChI is InChI=1S/C15H14F3N3O3/c16-15(17,18)14(23)24-13-12-9(5-6-20-13)8-3-1-2-4-10(8)21(12)7-11(19)22/h1-4,13,20H,5-7H2,(H2,19,22). The Morgan fingerprint density at radius 2 is 2.04 bits per heavy atom. The van der Waals surface area contributed by atoms with E-state index >= 15 is 0 Å². The van der Waals surface area contributed by atoms with E-state index in [-0.39, 0.29) is 6.54 Å². The van der Waals surface area contributed by atoms with Gasteiger partial charge >= 0.3 is 12.1 Å². The van der Waals surface area contributed by atoms with Crippen LogP contribution < -0.4 is 11.1 Å². The molecule has 1 aromatic heterocycles. The Labute approximate surface area is 134 Å². The molecule has 1 aliphatic heterocycles. The average molecular weight is 341 g/mol. The molecule has 3 rings (SSSR count). The monoisotopic (exact) mass is 341 g/mol. The summed E-state index contributed by atoms with van der Waals surface area (Å²) in [6.45, 7) is 0.116. The van der Waals surface area contributed by atoms with Crippen molar-refractivity contribution in [1.82, 2.24) is 9.88 Å². The van der Waals surface area contributed by atoms with Gasteiger partial charge in [0.1, 0.15) is 6.54 Å². The maximum Gasteiger partial charge on any atom is 0.490 e. The van der Waals surface area contributed by atoms with E-state index in [9.17, 15) is 22.8 Å². The molecular formula is C15H14F3N3O3. The van der Waals surface area contributed by atoms with E-state index in [0.29, 0.717) is 24.2 Å². The molecule has 0 bridgehead atoms. The average Bonchev–Trinajstić information content (AvgIpc) is 2.81. The second-order valence-electron chi connectivity index (χ2n) is 5.42. The molecule has 0 aliphatic carbocycles. The quantitative estimate of drug-likeness (QED) is 0.826. The number of benzene rings is 1. The van der Waals surface area contributed by atoms with Gasteiger partial charge in [0.05, 0.1) is 5.69 Å². The Kier molecular flexibility index (Phi) is 3.96. The van der Waals surface area contributed by atoms with E-state index < -0.39 is 24.3 Å². The van der Waals surface area contributed by atoms with Crippen molar-refractivity contribution in [1.29, 1.82) is 0 Å². The largest absolute Gasteiger partial charge is 0.490 e. The van der Waals surface area contributed by atoms with E-state index in [1.807, 2.05) is 0 Å². The Morgan fingerprint density at radius 1 is 1.33 bits per heavy atom. The van der Waals surface area contributed by atoms with Crippen molar-refractivity contribution in [2.45, 2.75) is 25.4 Å². The summed E-state index contributed by atoms with van der Waals surface area (Å²) in [5.41, 5.74) is 6.97. The third-order valence-corrected chi connectivity index (χ3v) is 3.84. The second kappa shape index (κ2) is 5.82. The molecule has 0 saturated heterocycles. The first-order chi connectivity index (χ1) is 11.3. The molecule has 1 aromatic carbocycles. The van der Waals surface area contributed by atoms with Crippen LogP contribution in [0.25, 0.3) is 10.9 Å². The topological polar surface area (TPSA) is 86.3 Å². The predicted octanol–water partition coefficient (Wildman–Crippen LogP) is 1.38. The number of nitrogens with two attached hydrogens (primary N) is 1. The van der Waals surface area contributed by atoms with Crippen molar-refractivity contribution in [2.24, 2.45) is 5.73 Å². The lowest BCUT2D eigenvalue weighted by molar-refractivity contribution is -0.207. The smallest absolute Gasteiger partial charge is 0.434 e. The van der Waals surface area contributed by atoms with Crippen LogP contribution in [0, 0.1) is 0 Å².